The molecule has 0 spiro atoms. The van der Waals surface area contributed by atoms with Crippen LogP contribution in [0.25, 0.3) is 0 Å². The summed E-state index contributed by atoms with van der Waals surface area (Å²) < 4.78 is 11.0. The topological polar surface area (TPSA) is 3.24 Å². The third kappa shape index (κ3) is 17.7. The van der Waals surface area contributed by atoms with Crippen molar-refractivity contribution < 1.29 is 4.39 Å². The monoisotopic (exact) mass is 163 g/mol. The summed E-state index contributed by atoms with van der Waals surface area (Å²) in [5.74, 6) is 0. The minimum absolute atomic E-state index is 0.156. The van der Waals surface area contributed by atoms with E-state index in [-0.39, 0.29) is 6.67 Å². The second-order valence-electron chi connectivity index (χ2n) is 2.53. The van der Waals surface area contributed by atoms with Crippen LogP contribution in [0.3, 0.4) is 0 Å². The number of unbranched alkanes of at least 4 members (excludes halogenated alkanes) is 1. The third-order valence-corrected chi connectivity index (χ3v) is 1.57. The maximum atomic E-state index is 11.0. The van der Waals surface area contributed by atoms with Crippen molar-refractivity contribution in [1.82, 2.24) is 4.90 Å². The van der Waals surface area contributed by atoms with E-state index in [2.05, 4.69) is 25.8 Å². The van der Waals surface area contributed by atoms with E-state index < -0.39 is 0 Å². The van der Waals surface area contributed by atoms with Gasteiger partial charge in [-0.15, -0.1) is 0 Å². The number of alkyl halides is 1. The van der Waals surface area contributed by atoms with Crippen molar-refractivity contribution in [3.8, 4) is 0 Å². The van der Waals surface area contributed by atoms with Crippen LogP contribution in [0.5, 0.6) is 0 Å². The Morgan fingerprint density at radius 2 is 1.55 bits per heavy atom. The Bertz CT molecular complexity index is 51.5. The lowest BCUT2D eigenvalue weighted by Crippen LogP contribution is -2.15. The average molecular weight is 163 g/mol. The molecule has 0 unspecified atom stereocenters. The Morgan fingerprint density at radius 3 is 1.55 bits per heavy atom. The van der Waals surface area contributed by atoms with E-state index in [0.717, 1.165) is 25.9 Å². The number of rotatable bonds is 4. The van der Waals surface area contributed by atoms with Gasteiger partial charge in [0.25, 0.3) is 0 Å². The van der Waals surface area contributed by atoms with Gasteiger partial charge in [0.15, 0.2) is 0 Å². The van der Waals surface area contributed by atoms with Crippen LogP contribution in [0, 0.1) is 0 Å². The molecule has 0 rings (SSSR count). The Labute approximate surface area is 70.6 Å². The molecule has 0 heterocycles. The van der Waals surface area contributed by atoms with E-state index in [1.165, 1.54) is 0 Å². The SMILES string of the molecule is CCCCF.CCN(C)CC. The van der Waals surface area contributed by atoms with Crippen molar-refractivity contribution in [3.63, 3.8) is 0 Å². The van der Waals surface area contributed by atoms with Crippen LogP contribution in [0.1, 0.15) is 33.6 Å². The predicted octanol–water partition coefficient (Wildman–Crippen LogP) is 2.71. The number of hydrogen-bond acceptors (Lipinski definition) is 1. The minimum Gasteiger partial charge on any atom is -0.307 e. The van der Waals surface area contributed by atoms with E-state index in [1.54, 1.807) is 0 Å². The fourth-order valence-corrected chi connectivity index (χ4v) is 0.357. The number of hydrogen-bond donors (Lipinski definition) is 0. The van der Waals surface area contributed by atoms with Crippen LogP contribution in [0.2, 0.25) is 0 Å². The highest BCUT2D eigenvalue weighted by atomic mass is 19.1. The number of nitrogens with zero attached hydrogens (tertiary/aromatic N) is 1. The molecule has 0 N–H and O–H groups in total. The van der Waals surface area contributed by atoms with Gasteiger partial charge in [-0.05, 0) is 26.6 Å². The second-order valence-corrected chi connectivity index (χ2v) is 2.53. The van der Waals surface area contributed by atoms with Gasteiger partial charge >= 0.3 is 0 Å². The molecule has 0 atom stereocenters. The van der Waals surface area contributed by atoms with E-state index in [0.29, 0.717) is 0 Å². The second kappa shape index (κ2) is 12.6. The van der Waals surface area contributed by atoms with Crippen molar-refractivity contribution in [2.75, 3.05) is 26.8 Å². The fourth-order valence-electron chi connectivity index (χ4n) is 0.357. The first-order chi connectivity index (χ1) is 5.22. The van der Waals surface area contributed by atoms with Crippen molar-refractivity contribution in [1.29, 1.82) is 0 Å². The lowest BCUT2D eigenvalue weighted by molar-refractivity contribution is 0.373. The van der Waals surface area contributed by atoms with E-state index in [9.17, 15) is 4.39 Å². The molecule has 0 fully saturated rings. The molecule has 70 valence electrons. The van der Waals surface area contributed by atoms with Crippen molar-refractivity contribution >= 4 is 0 Å². The average Bonchev–Trinajstić information content (AvgIpc) is 2.06. The molecule has 0 radical (unpaired) electrons. The van der Waals surface area contributed by atoms with Crippen LogP contribution < -0.4 is 0 Å². The van der Waals surface area contributed by atoms with E-state index >= 15 is 0 Å². The molecule has 0 bridgehead atoms. The molecule has 0 saturated carbocycles. The Hall–Kier alpha value is -0.110. The summed E-state index contributed by atoms with van der Waals surface area (Å²) >= 11 is 0. The zero-order valence-corrected chi connectivity index (χ0v) is 8.36. The summed E-state index contributed by atoms with van der Waals surface area (Å²) in [6.45, 7) is 8.45. The minimum atomic E-state index is -0.156. The molecule has 0 aromatic heterocycles. The summed E-state index contributed by atoms with van der Waals surface area (Å²) in [6.07, 6.45) is 1.69. The van der Waals surface area contributed by atoms with Gasteiger partial charge in [-0.3, -0.25) is 4.39 Å². The van der Waals surface area contributed by atoms with Gasteiger partial charge < -0.3 is 4.90 Å². The Morgan fingerprint density at radius 1 is 1.09 bits per heavy atom. The van der Waals surface area contributed by atoms with Crippen LogP contribution in [0.15, 0.2) is 0 Å². The molecule has 0 saturated heterocycles. The predicted molar refractivity (Wildman–Crippen MR) is 49.7 cm³/mol. The van der Waals surface area contributed by atoms with Gasteiger partial charge in [-0.1, -0.05) is 27.2 Å². The van der Waals surface area contributed by atoms with E-state index in [4.69, 9.17) is 0 Å². The van der Waals surface area contributed by atoms with Crippen LogP contribution in [-0.2, 0) is 0 Å². The van der Waals surface area contributed by atoms with Crippen molar-refractivity contribution in [2.24, 2.45) is 0 Å². The molecule has 0 amide bonds. The highest BCUT2D eigenvalue weighted by molar-refractivity contribution is 4.36. The molecule has 1 nitrogen and oxygen atoms in total. The molecule has 0 aliphatic carbocycles. The molecule has 0 aliphatic rings. The van der Waals surface area contributed by atoms with Gasteiger partial charge in [0.1, 0.15) is 0 Å². The zero-order chi connectivity index (χ0) is 9.11. The lowest BCUT2D eigenvalue weighted by Gasteiger charge is -2.07. The highest BCUT2D eigenvalue weighted by Crippen LogP contribution is 1.83. The fraction of sp³-hybridized carbons (Fsp3) is 1.00. The summed E-state index contributed by atoms with van der Waals surface area (Å²) in [7, 11) is 2.11. The third-order valence-electron chi connectivity index (χ3n) is 1.57. The smallest absolute Gasteiger partial charge is 0.0894 e. The molecule has 0 aliphatic heterocycles. The quantitative estimate of drug-likeness (QED) is 0.616. The standard InChI is InChI=1S/C5H13N.C4H9F/c1-4-6(3)5-2;1-2-3-4-5/h4-5H2,1-3H3;2-4H2,1H3. The maximum absolute atomic E-state index is 11.0. The van der Waals surface area contributed by atoms with Gasteiger partial charge in [-0.25, -0.2) is 0 Å². The van der Waals surface area contributed by atoms with E-state index in [1.807, 2.05) is 6.92 Å². The van der Waals surface area contributed by atoms with Crippen LogP contribution in [0.4, 0.5) is 4.39 Å². The summed E-state index contributed by atoms with van der Waals surface area (Å²) in [6, 6.07) is 0. The largest absolute Gasteiger partial charge is 0.307 e. The summed E-state index contributed by atoms with van der Waals surface area (Å²) in [4.78, 5) is 2.25. The van der Waals surface area contributed by atoms with Crippen LogP contribution in [-0.4, -0.2) is 31.7 Å². The Balaban J connectivity index is 0. The van der Waals surface area contributed by atoms with Gasteiger partial charge in [-0.2, -0.15) is 0 Å². The van der Waals surface area contributed by atoms with Crippen molar-refractivity contribution in [2.45, 2.75) is 33.6 Å². The number of halogens is 1. The first-order valence-electron chi connectivity index (χ1n) is 4.47. The normalized spacial score (nSPS) is 9.27. The zero-order valence-electron chi connectivity index (χ0n) is 8.36. The first kappa shape index (κ1) is 13.5. The summed E-state index contributed by atoms with van der Waals surface area (Å²) in [5.41, 5.74) is 0. The molecular weight excluding hydrogens is 141 g/mol. The Kier molecular flexibility index (Phi) is 15.4. The van der Waals surface area contributed by atoms with Gasteiger partial charge in [0.05, 0.1) is 6.67 Å². The molecule has 2 heteroatoms. The highest BCUT2D eigenvalue weighted by Gasteiger charge is 1.81. The van der Waals surface area contributed by atoms with Crippen LogP contribution >= 0.6 is 0 Å². The molecule has 11 heavy (non-hydrogen) atoms. The van der Waals surface area contributed by atoms with Gasteiger partial charge in [0, 0.05) is 0 Å². The van der Waals surface area contributed by atoms with Gasteiger partial charge in [0.2, 0.25) is 0 Å². The lowest BCUT2D eigenvalue weighted by atomic mass is 10.4. The molecule has 0 aromatic carbocycles. The first-order valence-corrected chi connectivity index (χ1v) is 4.47. The molecule has 0 aromatic rings. The molecular formula is C9H22FN. The maximum Gasteiger partial charge on any atom is 0.0894 e. The van der Waals surface area contributed by atoms with Crippen molar-refractivity contribution in [3.05, 3.63) is 0 Å². The summed E-state index contributed by atoms with van der Waals surface area (Å²) in [5, 5.41) is 0.